The van der Waals surface area contributed by atoms with E-state index in [0.29, 0.717) is 11.3 Å². The molecule has 0 aliphatic carbocycles. The second-order valence-corrected chi connectivity index (χ2v) is 4.80. The van der Waals surface area contributed by atoms with Crippen LogP contribution < -0.4 is 15.4 Å². The van der Waals surface area contributed by atoms with Gasteiger partial charge >= 0.3 is 12.4 Å². The molecule has 0 bridgehead atoms. The number of benzene rings is 2. The van der Waals surface area contributed by atoms with E-state index in [0.717, 1.165) is 0 Å². The number of rotatable bonds is 4. The highest BCUT2D eigenvalue weighted by molar-refractivity contribution is 5.89. The lowest BCUT2D eigenvalue weighted by Crippen LogP contribution is -2.31. The van der Waals surface area contributed by atoms with Gasteiger partial charge in [-0.15, -0.1) is 13.2 Å². The third-order valence-electron chi connectivity index (χ3n) is 2.99. The average Bonchev–Trinajstić information content (AvgIpc) is 2.47. The number of nitrogens with one attached hydrogen (secondary N) is 2. The molecule has 0 radical (unpaired) electrons. The standard InChI is InChI=1S/C16H15F3N2O2/c1-11(20-15(22)21-13-5-3-2-4-6-13)12-7-9-14(10-8-12)23-16(17,18)19/h2-11H,1H3,(H2,20,21,22). The van der Waals surface area contributed by atoms with Crippen LogP contribution in [0.25, 0.3) is 0 Å². The molecule has 0 aliphatic heterocycles. The van der Waals surface area contributed by atoms with E-state index >= 15 is 0 Å². The first-order valence-corrected chi connectivity index (χ1v) is 6.82. The summed E-state index contributed by atoms with van der Waals surface area (Å²) in [7, 11) is 0. The van der Waals surface area contributed by atoms with E-state index in [1.165, 1.54) is 24.3 Å². The van der Waals surface area contributed by atoms with Crippen LogP contribution in [-0.4, -0.2) is 12.4 Å². The van der Waals surface area contributed by atoms with Crippen LogP contribution >= 0.6 is 0 Å². The van der Waals surface area contributed by atoms with Crippen molar-refractivity contribution in [2.75, 3.05) is 5.32 Å². The average molecular weight is 324 g/mol. The van der Waals surface area contributed by atoms with E-state index in [9.17, 15) is 18.0 Å². The Bertz CT molecular complexity index is 643. The number of carbonyl (C=O) groups is 1. The molecule has 0 aliphatic rings. The van der Waals surface area contributed by atoms with Gasteiger partial charge in [-0.05, 0) is 36.8 Å². The van der Waals surface area contributed by atoms with Crippen molar-refractivity contribution in [2.45, 2.75) is 19.3 Å². The Hall–Kier alpha value is -2.70. The first-order chi connectivity index (χ1) is 10.8. The lowest BCUT2D eigenvalue weighted by Gasteiger charge is -2.16. The van der Waals surface area contributed by atoms with Gasteiger partial charge in [-0.3, -0.25) is 0 Å². The molecule has 23 heavy (non-hydrogen) atoms. The molecule has 4 nitrogen and oxygen atoms in total. The minimum Gasteiger partial charge on any atom is -0.406 e. The van der Waals surface area contributed by atoms with Gasteiger partial charge in [0.2, 0.25) is 0 Å². The van der Waals surface area contributed by atoms with Crippen LogP contribution in [0.4, 0.5) is 23.7 Å². The van der Waals surface area contributed by atoms with E-state index in [2.05, 4.69) is 15.4 Å². The molecule has 2 rings (SSSR count). The SMILES string of the molecule is CC(NC(=O)Nc1ccccc1)c1ccc(OC(F)(F)F)cc1. The molecule has 0 fully saturated rings. The van der Waals surface area contributed by atoms with Gasteiger partial charge in [-0.2, -0.15) is 0 Å². The van der Waals surface area contributed by atoms with Gasteiger partial charge in [0.05, 0.1) is 6.04 Å². The van der Waals surface area contributed by atoms with Gasteiger partial charge in [0.15, 0.2) is 0 Å². The summed E-state index contributed by atoms with van der Waals surface area (Å²) in [6.45, 7) is 1.73. The van der Waals surface area contributed by atoms with Crippen LogP contribution in [0.2, 0.25) is 0 Å². The Balaban J connectivity index is 1.92. The first-order valence-electron chi connectivity index (χ1n) is 6.82. The Kier molecular flexibility index (Phi) is 5.10. The van der Waals surface area contributed by atoms with Gasteiger partial charge in [-0.25, -0.2) is 4.79 Å². The van der Waals surface area contributed by atoms with Gasteiger partial charge in [0.1, 0.15) is 5.75 Å². The van der Waals surface area contributed by atoms with Gasteiger partial charge in [0.25, 0.3) is 0 Å². The van der Waals surface area contributed by atoms with Crippen molar-refractivity contribution in [3.63, 3.8) is 0 Å². The lowest BCUT2D eigenvalue weighted by atomic mass is 10.1. The zero-order valence-electron chi connectivity index (χ0n) is 12.2. The minimum absolute atomic E-state index is 0.304. The number of hydrogen-bond acceptors (Lipinski definition) is 2. The summed E-state index contributed by atoms with van der Waals surface area (Å²) >= 11 is 0. The van der Waals surface area contributed by atoms with Crippen LogP contribution in [0.15, 0.2) is 54.6 Å². The topological polar surface area (TPSA) is 50.4 Å². The Morgan fingerprint density at radius 1 is 1.04 bits per heavy atom. The zero-order chi connectivity index (χ0) is 16.9. The number of hydrogen-bond donors (Lipinski definition) is 2. The summed E-state index contributed by atoms with van der Waals surface area (Å²) < 4.78 is 40.1. The predicted molar refractivity (Wildman–Crippen MR) is 80.1 cm³/mol. The smallest absolute Gasteiger partial charge is 0.406 e. The van der Waals surface area contributed by atoms with Gasteiger partial charge < -0.3 is 15.4 Å². The molecule has 2 N–H and O–H groups in total. The number of ether oxygens (including phenoxy) is 1. The van der Waals surface area contributed by atoms with E-state index in [-0.39, 0.29) is 11.8 Å². The molecule has 0 aromatic heterocycles. The maximum Gasteiger partial charge on any atom is 0.573 e. The van der Waals surface area contributed by atoms with Crippen molar-refractivity contribution in [1.82, 2.24) is 5.32 Å². The van der Waals surface area contributed by atoms with Gasteiger partial charge in [0, 0.05) is 5.69 Å². The van der Waals surface area contributed by atoms with Crippen LogP contribution in [0.5, 0.6) is 5.75 Å². The summed E-state index contributed by atoms with van der Waals surface area (Å²) in [6.07, 6.45) is -4.72. The Morgan fingerprint density at radius 3 is 2.22 bits per heavy atom. The number of alkyl halides is 3. The molecule has 2 amide bonds. The lowest BCUT2D eigenvalue weighted by molar-refractivity contribution is -0.274. The van der Waals surface area contributed by atoms with Crippen molar-refractivity contribution >= 4 is 11.7 Å². The number of halogens is 3. The number of para-hydroxylation sites is 1. The fraction of sp³-hybridized carbons (Fsp3) is 0.188. The minimum atomic E-state index is -4.72. The molecular weight excluding hydrogens is 309 g/mol. The number of carbonyl (C=O) groups excluding carboxylic acids is 1. The molecule has 2 aromatic carbocycles. The van der Waals surface area contributed by atoms with E-state index < -0.39 is 12.4 Å². The second kappa shape index (κ2) is 7.04. The van der Waals surface area contributed by atoms with Crippen molar-refractivity contribution in [3.8, 4) is 5.75 Å². The zero-order valence-corrected chi connectivity index (χ0v) is 12.2. The maximum atomic E-state index is 12.1. The largest absolute Gasteiger partial charge is 0.573 e. The van der Waals surface area contributed by atoms with Crippen molar-refractivity contribution in [1.29, 1.82) is 0 Å². The summed E-state index contributed by atoms with van der Waals surface area (Å²) in [5, 5.41) is 5.36. The molecular formula is C16H15F3N2O2. The van der Waals surface area contributed by atoms with E-state index in [4.69, 9.17) is 0 Å². The highest BCUT2D eigenvalue weighted by Crippen LogP contribution is 2.24. The van der Waals surface area contributed by atoms with E-state index in [1.54, 1.807) is 31.2 Å². The Labute approximate surface area is 131 Å². The predicted octanol–water partition coefficient (Wildman–Crippen LogP) is 4.47. The molecule has 0 heterocycles. The van der Waals surface area contributed by atoms with Crippen LogP contribution in [0.1, 0.15) is 18.5 Å². The van der Waals surface area contributed by atoms with Crippen molar-refractivity contribution < 1.29 is 22.7 Å². The van der Waals surface area contributed by atoms with Crippen LogP contribution in [0.3, 0.4) is 0 Å². The molecule has 0 spiro atoms. The molecule has 0 saturated carbocycles. The quantitative estimate of drug-likeness (QED) is 0.872. The normalized spacial score (nSPS) is 12.3. The number of anilines is 1. The molecule has 1 atom stereocenters. The molecule has 122 valence electrons. The summed E-state index contributed by atoms with van der Waals surface area (Å²) in [4.78, 5) is 11.9. The monoisotopic (exact) mass is 324 g/mol. The summed E-state index contributed by atoms with van der Waals surface area (Å²) in [5.41, 5.74) is 1.30. The van der Waals surface area contributed by atoms with Crippen molar-refractivity contribution in [3.05, 3.63) is 60.2 Å². The fourth-order valence-electron chi connectivity index (χ4n) is 1.93. The third kappa shape index (κ3) is 5.54. The number of amides is 2. The van der Waals surface area contributed by atoms with E-state index in [1.807, 2.05) is 6.07 Å². The molecule has 7 heteroatoms. The molecule has 1 unspecified atom stereocenters. The van der Waals surface area contributed by atoms with Crippen LogP contribution in [-0.2, 0) is 0 Å². The molecule has 0 saturated heterocycles. The first kappa shape index (κ1) is 16.7. The number of urea groups is 1. The van der Waals surface area contributed by atoms with Crippen molar-refractivity contribution in [2.24, 2.45) is 0 Å². The summed E-state index contributed by atoms with van der Waals surface area (Å²) in [6, 6.07) is 13.5. The third-order valence-corrected chi connectivity index (χ3v) is 2.99. The summed E-state index contributed by atoms with van der Waals surface area (Å²) in [5.74, 6) is -0.304. The van der Waals surface area contributed by atoms with Gasteiger partial charge in [-0.1, -0.05) is 30.3 Å². The molecule has 2 aromatic rings. The highest BCUT2D eigenvalue weighted by atomic mass is 19.4. The van der Waals surface area contributed by atoms with Crippen LogP contribution in [0, 0.1) is 0 Å². The maximum absolute atomic E-state index is 12.1. The fourth-order valence-corrected chi connectivity index (χ4v) is 1.93. The Morgan fingerprint density at radius 2 is 1.65 bits per heavy atom. The highest BCUT2D eigenvalue weighted by Gasteiger charge is 2.31. The second-order valence-electron chi connectivity index (χ2n) is 4.80.